The molecule has 0 spiro atoms. The molecule has 3 rings (SSSR count). The minimum Gasteiger partial charge on any atom is -0.490 e. The number of benzene rings is 2. The highest BCUT2D eigenvalue weighted by Gasteiger charge is 2.17. The summed E-state index contributed by atoms with van der Waals surface area (Å²) in [4.78, 5) is 12.1. The first-order valence-electron chi connectivity index (χ1n) is 10.8. The molecule has 0 atom stereocenters. The van der Waals surface area contributed by atoms with Crippen molar-refractivity contribution in [2.24, 2.45) is 0 Å². The molecule has 5 nitrogen and oxygen atoms in total. The fourth-order valence-electron chi connectivity index (χ4n) is 3.77. The zero-order chi connectivity index (χ0) is 21.2. The van der Waals surface area contributed by atoms with Crippen LogP contribution in [0.5, 0.6) is 5.75 Å². The Kier molecular flexibility index (Phi) is 8.31. The van der Waals surface area contributed by atoms with Crippen LogP contribution in [0.15, 0.2) is 54.6 Å². The van der Waals surface area contributed by atoms with Gasteiger partial charge in [-0.2, -0.15) is 0 Å². The summed E-state index contributed by atoms with van der Waals surface area (Å²) in [5.41, 5.74) is 2.01. The van der Waals surface area contributed by atoms with Crippen LogP contribution in [0.25, 0.3) is 0 Å². The number of carbonyl (C=O) groups is 1. The highest BCUT2D eigenvalue weighted by molar-refractivity contribution is 7.92. The Morgan fingerprint density at radius 3 is 2.47 bits per heavy atom. The SMILES string of the molecule is O=C(CS(=O)(=O)CCCc1ccccc1)NCc1cccc(OC2CCCCC2)c1. The van der Waals surface area contributed by atoms with E-state index in [1.807, 2.05) is 54.6 Å². The molecule has 0 aliphatic heterocycles. The number of hydrogen-bond donors (Lipinski definition) is 1. The van der Waals surface area contributed by atoms with Crippen molar-refractivity contribution in [3.63, 3.8) is 0 Å². The van der Waals surface area contributed by atoms with E-state index in [9.17, 15) is 13.2 Å². The maximum Gasteiger partial charge on any atom is 0.235 e. The molecule has 0 heterocycles. The van der Waals surface area contributed by atoms with Gasteiger partial charge in [0, 0.05) is 6.54 Å². The van der Waals surface area contributed by atoms with Gasteiger partial charge in [-0.05, 0) is 61.8 Å². The zero-order valence-corrected chi connectivity index (χ0v) is 18.2. The van der Waals surface area contributed by atoms with Crippen molar-refractivity contribution >= 4 is 15.7 Å². The second-order valence-corrected chi connectivity index (χ2v) is 10.2. The Bertz CT molecular complexity index is 906. The number of carbonyl (C=O) groups excluding carboxylic acids is 1. The Hall–Kier alpha value is -2.34. The third kappa shape index (κ3) is 7.82. The van der Waals surface area contributed by atoms with Gasteiger partial charge in [0.1, 0.15) is 11.5 Å². The van der Waals surface area contributed by atoms with Crippen molar-refractivity contribution in [1.82, 2.24) is 5.32 Å². The van der Waals surface area contributed by atoms with E-state index < -0.39 is 21.5 Å². The van der Waals surface area contributed by atoms with Crippen molar-refractivity contribution in [3.8, 4) is 5.75 Å². The van der Waals surface area contributed by atoms with E-state index in [2.05, 4.69) is 5.32 Å². The number of ether oxygens (including phenoxy) is 1. The van der Waals surface area contributed by atoms with Crippen LogP contribution in [0, 0.1) is 0 Å². The van der Waals surface area contributed by atoms with Gasteiger partial charge in [0.2, 0.25) is 5.91 Å². The average molecular weight is 430 g/mol. The average Bonchev–Trinajstić information content (AvgIpc) is 2.74. The third-order valence-electron chi connectivity index (χ3n) is 5.36. The molecular formula is C24H31NO4S. The summed E-state index contributed by atoms with van der Waals surface area (Å²) in [7, 11) is -3.42. The van der Waals surface area contributed by atoms with E-state index in [0.717, 1.165) is 29.7 Å². The number of aryl methyl sites for hydroxylation is 1. The standard InChI is InChI=1S/C24H31NO4S/c26-24(19-30(27,28)16-8-12-20-9-3-1-4-10-20)25-18-21-11-7-15-23(17-21)29-22-13-5-2-6-14-22/h1,3-4,7,9-11,15,17,22H,2,5-6,8,12-14,16,18-19H2,(H,25,26). The van der Waals surface area contributed by atoms with Gasteiger partial charge in [0.05, 0.1) is 11.9 Å². The lowest BCUT2D eigenvalue weighted by atomic mass is 9.98. The van der Waals surface area contributed by atoms with Crippen molar-refractivity contribution in [1.29, 1.82) is 0 Å². The maximum absolute atomic E-state index is 12.2. The van der Waals surface area contributed by atoms with Crippen LogP contribution in [0.4, 0.5) is 0 Å². The van der Waals surface area contributed by atoms with Gasteiger partial charge in [0.25, 0.3) is 0 Å². The molecule has 6 heteroatoms. The van der Waals surface area contributed by atoms with E-state index >= 15 is 0 Å². The van der Waals surface area contributed by atoms with Gasteiger partial charge in [-0.15, -0.1) is 0 Å². The van der Waals surface area contributed by atoms with Crippen LogP contribution in [-0.2, 0) is 27.6 Å². The van der Waals surface area contributed by atoms with Crippen LogP contribution in [-0.4, -0.2) is 31.9 Å². The highest BCUT2D eigenvalue weighted by atomic mass is 32.2. The minimum atomic E-state index is -3.42. The molecule has 0 saturated heterocycles. The number of amides is 1. The monoisotopic (exact) mass is 429 g/mol. The molecule has 2 aromatic carbocycles. The normalized spacial score (nSPS) is 14.9. The van der Waals surface area contributed by atoms with Gasteiger partial charge in [-0.1, -0.05) is 48.9 Å². The fourth-order valence-corrected chi connectivity index (χ4v) is 5.00. The summed E-state index contributed by atoms with van der Waals surface area (Å²) in [5.74, 6) is -0.115. The Morgan fingerprint density at radius 1 is 0.967 bits per heavy atom. The Balaban J connectivity index is 1.41. The minimum absolute atomic E-state index is 0.0139. The van der Waals surface area contributed by atoms with Crippen molar-refractivity contribution in [2.75, 3.05) is 11.5 Å². The van der Waals surface area contributed by atoms with Crippen LogP contribution < -0.4 is 10.1 Å². The molecule has 1 amide bonds. The smallest absolute Gasteiger partial charge is 0.235 e. The van der Waals surface area contributed by atoms with E-state index in [1.165, 1.54) is 19.3 Å². The number of sulfone groups is 1. The summed E-state index contributed by atoms with van der Waals surface area (Å²) in [6.07, 6.45) is 7.34. The lowest BCUT2D eigenvalue weighted by molar-refractivity contribution is -0.118. The second kappa shape index (κ2) is 11.2. The van der Waals surface area contributed by atoms with Gasteiger partial charge in [0.15, 0.2) is 9.84 Å². The van der Waals surface area contributed by atoms with Crippen LogP contribution in [0.3, 0.4) is 0 Å². The lowest BCUT2D eigenvalue weighted by Gasteiger charge is -2.23. The quantitative estimate of drug-likeness (QED) is 0.618. The Labute approximate surface area is 179 Å². The summed E-state index contributed by atoms with van der Waals surface area (Å²) >= 11 is 0. The highest BCUT2D eigenvalue weighted by Crippen LogP contribution is 2.23. The molecule has 1 saturated carbocycles. The summed E-state index contributed by atoms with van der Waals surface area (Å²) < 4.78 is 30.5. The van der Waals surface area contributed by atoms with E-state index in [0.29, 0.717) is 19.4 Å². The van der Waals surface area contributed by atoms with Gasteiger partial charge < -0.3 is 10.1 Å². The predicted octanol–water partition coefficient (Wildman–Crippen LogP) is 4.06. The zero-order valence-electron chi connectivity index (χ0n) is 17.4. The number of nitrogens with one attached hydrogen (secondary N) is 1. The van der Waals surface area contributed by atoms with Crippen LogP contribution >= 0.6 is 0 Å². The molecule has 2 aromatic rings. The molecule has 30 heavy (non-hydrogen) atoms. The second-order valence-electron chi connectivity index (χ2n) is 7.98. The molecule has 0 radical (unpaired) electrons. The molecule has 0 aromatic heterocycles. The van der Waals surface area contributed by atoms with Crippen molar-refractivity contribution in [3.05, 3.63) is 65.7 Å². The maximum atomic E-state index is 12.2. The summed E-state index contributed by atoms with van der Waals surface area (Å²) in [6.45, 7) is 0.292. The van der Waals surface area contributed by atoms with Crippen molar-refractivity contribution in [2.45, 2.75) is 57.6 Å². The first kappa shape index (κ1) is 22.3. The van der Waals surface area contributed by atoms with E-state index in [-0.39, 0.29) is 11.9 Å². The molecule has 1 aliphatic rings. The van der Waals surface area contributed by atoms with Gasteiger partial charge in [-0.3, -0.25) is 4.79 Å². The molecule has 1 fully saturated rings. The third-order valence-corrected chi connectivity index (χ3v) is 6.97. The lowest BCUT2D eigenvalue weighted by Crippen LogP contribution is -2.31. The van der Waals surface area contributed by atoms with E-state index in [1.54, 1.807) is 0 Å². The molecular weight excluding hydrogens is 398 g/mol. The molecule has 0 bridgehead atoms. The van der Waals surface area contributed by atoms with Gasteiger partial charge >= 0.3 is 0 Å². The molecule has 162 valence electrons. The first-order chi connectivity index (χ1) is 14.5. The topological polar surface area (TPSA) is 72.5 Å². The summed E-state index contributed by atoms with van der Waals surface area (Å²) in [5, 5.41) is 2.72. The van der Waals surface area contributed by atoms with Crippen LogP contribution in [0.2, 0.25) is 0 Å². The summed E-state index contributed by atoms with van der Waals surface area (Å²) in [6, 6.07) is 17.4. The Morgan fingerprint density at radius 2 is 1.70 bits per heavy atom. The number of rotatable bonds is 10. The molecule has 0 unspecified atom stereocenters. The molecule has 1 N–H and O–H groups in total. The largest absolute Gasteiger partial charge is 0.490 e. The van der Waals surface area contributed by atoms with E-state index in [4.69, 9.17) is 4.74 Å². The predicted molar refractivity (Wildman–Crippen MR) is 119 cm³/mol. The fraction of sp³-hybridized carbons (Fsp3) is 0.458. The van der Waals surface area contributed by atoms with Gasteiger partial charge in [-0.25, -0.2) is 8.42 Å². The first-order valence-corrected chi connectivity index (χ1v) is 12.6. The number of hydrogen-bond acceptors (Lipinski definition) is 4. The van der Waals surface area contributed by atoms with Crippen molar-refractivity contribution < 1.29 is 17.9 Å². The van der Waals surface area contributed by atoms with Crippen LogP contribution in [0.1, 0.15) is 49.7 Å². The molecule has 1 aliphatic carbocycles.